The standard InChI is InChI=1S/C16H21NO4S/c1-22(19,20)11-16(8-9-16)10-21-13-4-2-12(3-5-13)14-6-7-15(18)17-14/h2-5,14H,6-11H2,1H3,(H,17,18)/t14-/m0/s1. The molecule has 2 fully saturated rings. The van der Waals surface area contributed by atoms with Crippen molar-refractivity contribution >= 4 is 15.7 Å². The van der Waals surface area contributed by atoms with Gasteiger partial charge in [0.25, 0.3) is 0 Å². The Labute approximate surface area is 131 Å². The Morgan fingerprint density at radius 2 is 1.95 bits per heavy atom. The lowest BCUT2D eigenvalue weighted by Crippen LogP contribution is -2.22. The second-order valence-corrected chi connectivity index (χ2v) is 8.73. The molecule has 1 aliphatic heterocycles. The highest BCUT2D eigenvalue weighted by Crippen LogP contribution is 2.47. The number of hydrogen-bond donors (Lipinski definition) is 1. The van der Waals surface area contributed by atoms with Crippen molar-refractivity contribution in [3.63, 3.8) is 0 Å². The lowest BCUT2D eigenvalue weighted by Gasteiger charge is -2.16. The van der Waals surface area contributed by atoms with Gasteiger partial charge in [0.05, 0.1) is 18.4 Å². The summed E-state index contributed by atoms with van der Waals surface area (Å²) >= 11 is 0. The molecule has 1 aromatic rings. The van der Waals surface area contributed by atoms with Crippen LogP contribution in [0.5, 0.6) is 5.75 Å². The van der Waals surface area contributed by atoms with Crippen LogP contribution in [0.2, 0.25) is 0 Å². The van der Waals surface area contributed by atoms with Crippen LogP contribution in [-0.2, 0) is 14.6 Å². The Morgan fingerprint density at radius 1 is 1.27 bits per heavy atom. The van der Waals surface area contributed by atoms with E-state index in [1.165, 1.54) is 6.26 Å². The van der Waals surface area contributed by atoms with Gasteiger partial charge in [0.1, 0.15) is 15.6 Å². The first-order valence-corrected chi connectivity index (χ1v) is 9.61. The van der Waals surface area contributed by atoms with Crippen molar-refractivity contribution < 1.29 is 17.9 Å². The van der Waals surface area contributed by atoms with Crippen LogP contribution in [0.3, 0.4) is 0 Å². The van der Waals surface area contributed by atoms with E-state index in [0.29, 0.717) is 13.0 Å². The van der Waals surface area contributed by atoms with E-state index in [2.05, 4.69) is 5.32 Å². The first-order chi connectivity index (χ1) is 10.4. The molecule has 1 aromatic carbocycles. The fraction of sp³-hybridized carbons (Fsp3) is 0.562. The Bertz CT molecular complexity index is 662. The lowest BCUT2D eigenvalue weighted by molar-refractivity contribution is -0.119. The molecule has 0 bridgehead atoms. The van der Waals surface area contributed by atoms with E-state index in [4.69, 9.17) is 4.74 Å². The van der Waals surface area contributed by atoms with Crippen molar-refractivity contribution in [1.82, 2.24) is 5.32 Å². The number of benzene rings is 1. The maximum atomic E-state index is 11.4. The molecule has 1 heterocycles. The molecular formula is C16H21NO4S. The zero-order valence-electron chi connectivity index (χ0n) is 12.7. The first kappa shape index (κ1) is 15.3. The predicted molar refractivity (Wildman–Crippen MR) is 83.4 cm³/mol. The van der Waals surface area contributed by atoms with E-state index in [0.717, 1.165) is 30.6 Å². The molecule has 1 aliphatic carbocycles. The average molecular weight is 323 g/mol. The van der Waals surface area contributed by atoms with Gasteiger partial charge in [0.2, 0.25) is 5.91 Å². The zero-order valence-corrected chi connectivity index (χ0v) is 13.5. The fourth-order valence-electron chi connectivity index (χ4n) is 2.96. The summed E-state index contributed by atoms with van der Waals surface area (Å²) in [6, 6.07) is 7.79. The number of hydrogen-bond acceptors (Lipinski definition) is 4. The number of amides is 1. The smallest absolute Gasteiger partial charge is 0.220 e. The second kappa shape index (κ2) is 5.57. The van der Waals surface area contributed by atoms with Crippen LogP contribution in [0.15, 0.2) is 24.3 Å². The summed E-state index contributed by atoms with van der Waals surface area (Å²) in [6.07, 6.45) is 4.50. The number of carbonyl (C=O) groups excluding carboxylic acids is 1. The number of carbonyl (C=O) groups is 1. The highest BCUT2D eigenvalue weighted by atomic mass is 32.2. The molecule has 120 valence electrons. The summed E-state index contributed by atoms with van der Waals surface area (Å²) < 4.78 is 28.6. The maximum absolute atomic E-state index is 11.4. The lowest BCUT2D eigenvalue weighted by atomic mass is 10.1. The monoisotopic (exact) mass is 323 g/mol. The normalized spacial score (nSPS) is 23.1. The quantitative estimate of drug-likeness (QED) is 0.867. The molecule has 0 radical (unpaired) electrons. The van der Waals surface area contributed by atoms with Gasteiger partial charge in [0, 0.05) is 18.1 Å². The predicted octanol–water partition coefficient (Wildman–Crippen LogP) is 1.84. The van der Waals surface area contributed by atoms with Gasteiger partial charge in [-0.2, -0.15) is 0 Å². The molecule has 5 nitrogen and oxygen atoms in total. The maximum Gasteiger partial charge on any atom is 0.220 e. The summed E-state index contributed by atoms with van der Waals surface area (Å²) in [5, 5.41) is 2.94. The molecule has 1 atom stereocenters. The van der Waals surface area contributed by atoms with Gasteiger partial charge >= 0.3 is 0 Å². The van der Waals surface area contributed by atoms with Crippen LogP contribution in [0, 0.1) is 5.41 Å². The summed E-state index contributed by atoms with van der Waals surface area (Å²) in [5.41, 5.74) is 0.890. The third-order valence-corrected chi connectivity index (χ3v) is 5.49. The molecule has 1 saturated carbocycles. The summed E-state index contributed by atoms with van der Waals surface area (Å²) in [6.45, 7) is 0.444. The van der Waals surface area contributed by atoms with Gasteiger partial charge in [-0.05, 0) is 37.0 Å². The third kappa shape index (κ3) is 3.80. The van der Waals surface area contributed by atoms with Crippen molar-refractivity contribution in [2.75, 3.05) is 18.6 Å². The van der Waals surface area contributed by atoms with Crippen molar-refractivity contribution in [1.29, 1.82) is 0 Å². The average Bonchev–Trinajstić information content (AvgIpc) is 3.05. The summed E-state index contributed by atoms with van der Waals surface area (Å²) in [4.78, 5) is 11.2. The van der Waals surface area contributed by atoms with Crippen LogP contribution in [0.25, 0.3) is 0 Å². The molecule has 0 spiro atoms. The minimum absolute atomic E-state index is 0.0987. The Balaban J connectivity index is 1.57. The Morgan fingerprint density at radius 3 is 2.45 bits per heavy atom. The van der Waals surface area contributed by atoms with Gasteiger partial charge in [-0.3, -0.25) is 4.79 Å². The van der Waals surface area contributed by atoms with Crippen molar-refractivity contribution in [2.24, 2.45) is 5.41 Å². The molecular weight excluding hydrogens is 302 g/mol. The van der Waals surface area contributed by atoms with Crippen molar-refractivity contribution in [3.05, 3.63) is 29.8 Å². The van der Waals surface area contributed by atoms with Crippen LogP contribution in [0.1, 0.15) is 37.3 Å². The highest BCUT2D eigenvalue weighted by Gasteiger charge is 2.46. The largest absolute Gasteiger partial charge is 0.493 e. The van der Waals surface area contributed by atoms with Gasteiger partial charge < -0.3 is 10.1 Å². The molecule has 22 heavy (non-hydrogen) atoms. The SMILES string of the molecule is CS(=O)(=O)CC1(COc2ccc([C@@H]3CCC(=O)N3)cc2)CC1. The molecule has 1 amide bonds. The Kier molecular flexibility index (Phi) is 3.89. The number of rotatable bonds is 6. The van der Waals surface area contributed by atoms with E-state index in [9.17, 15) is 13.2 Å². The summed E-state index contributed by atoms with van der Waals surface area (Å²) in [5.74, 6) is 1.04. The van der Waals surface area contributed by atoms with Crippen LogP contribution in [0.4, 0.5) is 0 Å². The van der Waals surface area contributed by atoms with Gasteiger partial charge in [0.15, 0.2) is 0 Å². The summed E-state index contributed by atoms with van der Waals surface area (Å²) in [7, 11) is -2.97. The van der Waals surface area contributed by atoms with E-state index in [-0.39, 0.29) is 23.1 Å². The van der Waals surface area contributed by atoms with Crippen LogP contribution >= 0.6 is 0 Å². The number of nitrogens with one attached hydrogen (secondary N) is 1. The number of sulfone groups is 1. The van der Waals surface area contributed by atoms with Gasteiger partial charge in [-0.25, -0.2) is 8.42 Å². The molecule has 3 rings (SSSR count). The van der Waals surface area contributed by atoms with Crippen molar-refractivity contribution in [2.45, 2.75) is 31.7 Å². The van der Waals surface area contributed by atoms with E-state index in [1.807, 2.05) is 24.3 Å². The van der Waals surface area contributed by atoms with Gasteiger partial charge in [-0.1, -0.05) is 12.1 Å². The van der Waals surface area contributed by atoms with Gasteiger partial charge in [-0.15, -0.1) is 0 Å². The van der Waals surface area contributed by atoms with E-state index >= 15 is 0 Å². The third-order valence-electron chi connectivity index (χ3n) is 4.35. The molecule has 0 aromatic heterocycles. The number of ether oxygens (including phenoxy) is 1. The minimum atomic E-state index is -2.97. The fourth-order valence-corrected chi connectivity index (χ4v) is 4.44. The minimum Gasteiger partial charge on any atom is -0.493 e. The van der Waals surface area contributed by atoms with E-state index < -0.39 is 9.84 Å². The zero-order chi connectivity index (χ0) is 15.8. The molecule has 6 heteroatoms. The topological polar surface area (TPSA) is 72.5 Å². The second-order valence-electron chi connectivity index (χ2n) is 6.59. The first-order valence-electron chi connectivity index (χ1n) is 7.55. The molecule has 0 unspecified atom stereocenters. The highest BCUT2D eigenvalue weighted by molar-refractivity contribution is 7.90. The van der Waals surface area contributed by atoms with Crippen LogP contribution < -0.4 is 10.1 Å². The van der Waals surface area contributed by atoms with E-state index in [1.54, 1.807) is 0 Å². The molecule has 1 saturated heterocycles. The van der Waals surface area contributed by atoms with Crippen molar-refractivity contribution in [3.8, 4) is 5.75 Å². The molecule has 2 aliphatic rings. The molecule has 1 N–H and O–H groups in total. The van der Waals surface area contributed by atoms with Crippen LogP contribution in [-0.4, -0.2) is 32.9 Å². The Hall–Kier alpha value is -1.56.